The van der Waals surface area contributed by atoms with Crippen molar-refractivity contribution in [3.05, 3.63) is 65.4 Å². The summed E-state index contributed by atoms with van der Waals surface area (Å²) >= 11 is 0. The van der Waals surface area contributed by atoms with Crippen LogP contribution in [0.25, 0.3) is 16.8 Å². The molecule has 4 heterocycles. The molecule has 11 nitrogen and oxygen atoms in total. The highest BCUT2D eigenvalue weighted by Crippen LogP contribution is 2.36. The molecule has 0 saturated carbocycles. The number of carbonyl (C=O) groups excluding carboxylic acids is 2. The minimum Gasteiger partial charge on any atom is -0.366 e. The first-order valence-electron chi connectivity index (χ1n) is 13.8. The summed E-state index contributed by atoms with van der Waals surface area (Å²) in [5.41, 5.74) is 5.97. The zero-order chi connectivity index (χ0) is 29.8. The Morgan fingerprint density at radius 1 is 1.05 bits per heavy atom. The molecule has 0 spiro atoms. The summed E-state index contributed by atoms with van der Waals surface area (Å²) in [7, 11) is -1.54. The number of likely N-dealkylation sites (N-methyl/N-ethyl adjacent to an activating group) is 1. The van der Waals surface area contributed by atoms with Crippen LogP contribution < -0.4 is 15.1 Å². The van der Waals surface area contributed by atoms with E-state index in [1.54, 1.807) is 41.6 Å². The monoisotopic (exact) mass is 587 g/mol. The number of aromatic nitrogens is 3. The zero-order valence-electron chi connectivity index (χ0n) is 24.1. The van der Waals surface area contributed by atoms with E-state index in [0.717, 1.165) is 39.5 Å². The Labute approximate surface area is 244 Å². The number of nitrogens with zero attached hydrogens (tertiary/aromatic N) is 6. The van der Waals surface area contributed by atoms with Crippen LogP contribution >= 0.6 is 0 Å². The third-order valence-electron chi connectivity index (χ3n) is 8.05. The minimum absolute atomic E-state index is 0.0613. The second-order valence-corrected chi connectivity index (χ2v) is 13.0. The molecule has 1 N–H and O–H groups in total. The van der Waals surface area contributed by atoms with Gasteiger partial charge in [0.2, 0.25) is 11.8 Å². The molecular weight excluding hydrogens is 554 g/mol. The number of piperazine rings is 1. The first kappa shape index (κ1) is 27.7. The van der Waals surface area contributed by atoms with Crippen molar-refractivity contribution >= 4 is 44.6 Å². The molecule has 2 aliphatic heterocycles. The Kier molecular flexibility index (Phi) is 6.88. The van der Waals surface area contributed by atoms with Crippen LogP contribution in [0.2, 0.25) is 0 Å². The maximum atomic E-state index is 12.3. The van der Waals surface area contributed by atoms with E-state index in [9.17, 15) is 18.0 Å². The fraction of sp³-hybridized carbons (Fsp3) is 0.333. The van der Waals surface area contributed by atoms with Gasteiger partial charge in [-0.3, -0.25) is 9.59 Å². The predicted molar refractivity (Wildman–Crippen MR) is 162 cm³/mol. The fourth-order valence-corrected chi connectivity index (χ4v) is 6.38. The van der Waals surface area contributed by atoms with Crippen molar-refractivity contribution in [2.24, 2.45) is 0 Å². The van der Waals surface area contributed by atoms with Crippen LogP contribution in [0.5, 0.6) is 0 Å². The standard InChI is InChI=1S/C30H33N7O4S/c1-19-29(22-8-9-25-23(15-22)16-28(39)34(25)3)30-32-27(36-12-10-35(11-13-36)20(2)38)17-26(37(30)33-19)31-18-21-6-5-7-24(14-21)42(4,40)41/h5-9,14-15,17,31H,10-13,16,18H2,1-4H3. The minimum atomic E-state index is -3.33. The topological polar surface area (TPSA) is 120 Å². The first-order valence-corrected chi connectivity index (χ1v) is 15.7. The Bertz CT molecular complexity index is 1840. The van der Waals surface area contributed by atoms with E-state index in [1.165, 1.54) is 6.26 Å². The lowest BCUT2D eigenvalue weighted by Gasteiger charge is -2.35. The molecule has 6 rings (SSSR count). The molecule has 0 unspecified atom stereocenters. The van der Waals surface area contributed by atoms with Gasteiger partial charge in [0.05, 0.1) is 17.0 Å². The van der Waals surface area contributed by atoms with Crippen molar-refractivity contribution in [3.8, 4) is 11.1 Å². The number of nitrogens with one attached hydrogen (secondary N) is 1. The highest BCUT2D eigenvalue weighted by molar-refractivity contribution is 7.90. The Morgan fingerprint density at radius 2 is 1.81 bits per heavy atom. The summed E-state index contributed by atoms with van der Waals surface area (Å²) in [6.45, 7) is 6.43. The second kappa shape index (κ2) is 10.4. The molecule has 2 aromatic carbocycles. The number of sulfone groups is 1. The normalized spacial score (nSPS) is 15.4. The summed E-state index contributed by atoms with van der Waals surface area (Å²) in [5, 5.41) is 8.31. The Morgan fingerprint density at radius 3 is 2.52 bits per heavy atom. The summed E-state index contributed by atoms with van der Waals surface area (Å²) < 4.78 is 26.0. The van der Waals surface area contributed by atoms with Gasteiger partial charge in [-0.2, -0.15) is 9.61 Å². The van der Waals surface area contributed by atoms with Crippen molar-refractivity contribution in [1.82, 2.24) is 19.5 Å². The van der Waals surface area contributed by atoms with Crippen LogP contribution in [-0.4, -0.2) is 79.2 Å². The van der Waals surface area contributed by atoms with E-state index < -0.39 is 9.84 Å². The van der Waals surface area contributed by atoms with Gasteiger partial charge in [0.15, 0.2) is 15.5 Å². The van der Waals surface area contributed by atoms with E-state index in [0.29, 0.717) is 50.6 Å². The number of rotatable bonds is 6. The average Bonchev–Trinajstić information content (AvgIpc) is 3.45. The van der Waals surface area contributed by atoms with Crippen LogP contribution in [0.15, 0.2) is 53.4 Å². The molecule has 4 aromatic rings. The quantitative estimate of drug-likeness (QED) is 0.366. The number of fused-ring (bicyclic) bond motifs is 2. The number of amides is 2. The van der Waals surface area contributed by atoms with Crippen molar-refractivity contribution in [2.75, 3.05) is 54.6 Å². The smallest absolute Gasteiger partial charge is 0.231 e. The van der Waals surface area contributed by atoms with Gasteiger partial charge in [0.1, 0.15) is 11.6 Å². The van der Waals surface area contributed by atoms with Gasteiger partial charge in [-0.05, 0) is 47.9 Å². The lowest BCUT2D eigenvalue weighted by Crippen LogP contribution is -2.48. The molecule has 12 heteroatoms. The summed E-state index contributed by atoms with van der Waals surface area (Å²) in [4.78, 5) is 35.3. The largest absolute Gasteiger partial charge is 0.366 e. The molecule has 1 saturated heterocycles. The molecule has 0 aliphatic carbocycles. The number of hydrogen-bond acceptors (Lipinski definition) is 8. The van der Waals surface area contributed by atoms with E-state index in [1.807, 2.05) is 42.2 Å². The van der Waals surface area contributed by atoms with Gasteiger partial charge in [-0.25, -0.2) is 13.4 Å². The third kappa shape index (κ3) is 5.06. The molecule has 0 atom stereocenters. The predicted octanol–water partition coefficient (Wildman–Crippen LogP) is 2.91. The maximum Gasteiger partial charge on any atom is 0.231 e. The molecule has 0 bridgehead atoms. The lowest BCUT2D eigenvalue weighted by atomic mass is 10.0. The maximum absolute atomic E-state index is 12.3. The molecule has 0 radical (unpaired) electrons. The third-order valence-corrected chi connectivity index (χ3v) is 9.16. The molecule has 42 heavy (non-hydrogen) atoms. The number of carbonyl (C=O) groups is 2. The second-order valence-electron chi connectivity index (χ2n) is 10.9. The highest BCUT2D eigenvalue weighted by Gasteiger charge is 2.27. The number of hydrogen-bond donors (Lipinski definition) is 1. The summed E-state index contributed by atoms with van der Waals surface area (Å²) in [6, 6.07) is 14.8. The van der Waals surface area contributed by atoms with Gasteiger partial charge in [-0.15, -0.1) is 0 Å². The van der Waals surface area contributed by atoms with E-state index >= 15 is 0 Å². The number of anilines is 3. The van der Waals surface area contributed by atoms with Crippen LogP contribution in [0.3, 0.4) is 0 Å². The molecule has 1 fully saturated rings. The average molecular weight is 588 g/mol. The van der Waals surface area contributed by atoms with Gasteiger partial charge in [0.25, 0.3) is 0 Å². The molecule has 2 aliphatic rings. The Hall–Kier alpha value is -4.45. The van der Waals surface area contributed by atoms with Gasteiger partial charge in [0, 0.05) is 70.3 Å². The van der Waals surface area contributed by atoms with Gasteiger partial charge in [-0.1, -0.05) is 18.2 Å². The van der Waals surface area contributed by atoms with Crippen LogP contribution in [-0.2, 0) is 32.4 Å². The van der Waals surface area contributed by atoms with E-state index in [2.05, 4.69) is 10.2 Å². The van der Waals surface area contributed by atoms with E-state index in [4.69, 9.17) is 10.1 Å². The summed E-state index contributed by atoms with van der Waals surface area (Å²) in [6.07, 6.45) is 1.56. The SMILES string of the molecule is CC(=O)N1CCN(c2cc(NCc3cccc(S(C)(=O)=O)c3)n3nc(C)c(-c4ccc5c(c4)CC(=O)N5C)c3n2)CC1. The molecular formula is C30H33N7O4S. The van der Waals surface area contributed by atoms with Crippen LogP contribution in [0, 0.1) is 6.92 Å². The first-order chi connectivity index (χ1) is 20.0. The Balaban J connectivity index is 1.42. The van der Waals surface area contributed by atoms with Crippen molar-refractivity contribution in [3.63, 3.8) is 0 Å². The molecule has 218 valence electrons. The number of aryl methyl sites for hydroxylation is 1. The van der Waals surface area contributed by atoms with Gasteiger partial charge >= 0.3 is 0 Å². The van der Waals surface area contributed by atoms with Crippen molar-refractivity contribution in [1.29, 1.82) is 0 Å². The highest BCUT2D eigenvalue weighted by atomic mass is 32.2. The summed E-state index contributed by atoms with van der Waals surface area (Å²) in [5.74, 6) is 1.59. The number of benzene rings is 2. The van der Waals surface area contributed by atoms with E-state index in [-0.39, 0.29) is 16.7 Å². The van der Waals surface area contributed by atoms with Crippen molar-refractivity contribution in [2.45, 2.75) is 31.7 Å². The van der Waals surface area contributed by atoms with Crippen LogP contribution in [0.4, 0.5) is 17.3 Å². The van der Waals surface area contributed by atoms with Gasteiger partial charge < -0.3 is 20.0 Å². The van der Waals surface area contributed by atoms with Crippen molar-refractivity contribution < 1.29 is 18.0 Å². The molecule has 2 amide bonds. The molecule has 2 aromatic heterocycles. The fourth-order valence-electron chi connectivity index (χ4n) is 5.69. The lowest BCUT2D eigenvalue weighted by molar-refractivity contribution is -0.129. The van der Waals surface area contributed by atoms with Crippen LogP contribution in [0.1, 0.15) is 23.7 Å². The zero-order valence-corrected chi connectivity index (χ0v) is 24.9.